The molecule has 7 nitrogen and oxygen atoms in total. The lowest BCUT2D eigenvalue weighted by Gasteiger charge is -2.29. The lowest BCUT2D eigenvalue weighted by Crippen LogP contribution is -2.41. The average Bonchev–Trinajstić information content (AvgIpc) is 2.73. The number of amides is 1. The maximum atomic E-state index is 12.6. The summed E-state index contributed by atoms with van der Waals surface area (Å²) >= 11 is 0. The number of carbonyl (C=O) groups excluding carboxylic acids is 2. The summed E-state index contributed by atoms with van der Waals surface area (Å²) in [6, 6.07) is 7.12. The van der Waals surface area contributed by atoms with Gasteiger partial charge in [0.2, 0.25) is 0 Å². The number of nitrogens with zero attached hydrogens (tertiary/aromatic N) is 1. The summed E-state index contributed by atoms with van der Waals surface area (Å²) in [5.74, 6) is 0.388. The SMILES string of the molecule is CCOC(=O)COc1ccc(C=C(C#N)C(=O)NC2CCCCC2C)cc1OCC. The summed E-state index contributed by atoms with van der Waals surface area (Å²) in [6.07, 6.45) is 5.82. The highest BCUT2D eigenvalue weighted by atomic mass is 16.6. The largest absolute Gasteiger partial charge is 0.490 e. The van der Waals surface area contributed by atoms with Crippen LogP contribution < -0.4 is 14.8 Å². The van der Waals surface area contributed by atoms with Gasteiger partial charge in [-0.25, -0.2) is 4.79 Å². The van der Waals surface area contributed by atoms with E-state index in [4.69, 9.17) is 14.2 Å². The van der Waals surface area contributed by atoms with Crippen molar-refractivity contribution in [2.75, 3.05) is 19.8 Å². The molecule has 1 saturated carbocycles. The Bertz CT molecular complexity index is 812. The summed E-state index contributed by atoms with van der Waals surface area (Å²) in [5.41, 5.74) is 0.667. The fraction of sp³-hybridized carbons (Fsp3) is 0.522. The molecule has 1 aliphatic rings. The number of esters is 1. The maximum absolute atomic E-state index is 12.6. The topological polar surface area (TPSA) is 97.7 Å². The van der Waals surface area contributed by atoms with Crippen molar-refractivity contribution in [1.29, 1.82) is 5.26 Å². The van der Waals surface area contributed by atoms with E-state index in [1.807, 2.05) is 13.0 Å². The fourth-order valence-electron chi connectivity index (χ4n) is 3.43. The predicted octanol–water partition coefficient (Wildman–Crippen LogP) is 3.63. The molecule has 1 aromatic rings. The Morgan fingerprint density at radius 1 is 1.17 bits per heavy atom. The van der Waals surface area contributed by atoms with Crippen LogP contribution >= 0.6 is 0 Å². The van der Waals surface area contributed by atoms with Crippen molar-refractivity contribution >= 4 is 18.0 Å². The van der Waals surface area contributed by atoms with Crippen LogP contribution in [-0.2, 0) is 14.3 Å². The molecule has 2 atom stereocenters. The minimum atomic E-state index is -0.468. The van der Waals surface area contributed by atoms with Crippen molar-refractivity contribution in [2.24, 2.45) is 5.92 Å². The van der Waals surface area contributed by atoms with Crippen LogP contribution in [0.1, 0.15) is 52.0 Å². The molecule has 7 heteroatoms. The van der Waals surface area contributed by atoms with Gasteiger partial charge in [0.25, 0.3) is 5.91 Å². The summed E-state index contributed by atoms with van der Waals surface area (Å²) in [7, 11) is 0. The first kappa shape index (κ1) is 23.3. The van der Waals surface area contributed by atoms with E-state index in [-0.39, 0.29) is 30.7 Å². The zero-order chi connectivity index (χ0) is 21.9. The van der Waals surface area contributed by atoms with Crippen molar-refractivity contribution in [1.82, 2.24) is 5.32 Å². The first-order valence-electron chi connectivity index (χ1n) is 10.5. The number of benzene rings is 1. The minimum absolute atomic E-state index is 0.0374. The Labute approximate surface area is 178 Å². The third kappa shape index (κ3) is 6.80. The maximum Gasteiger partial charge on any atom is 0.344 e. The highest BCUT2D eigenvalue weighted by molar-refractivity contribution is 6.01. The minimum Gasteiger partial charge on any atom is -0.490 e. The first-order chi connectivity index (χ1) is 14.5. The zero-order valence-electron chi connectivity index (χ0n) is 17.9. The van der Waals surface area contributed by atoms with E-state index in [2.05, 4.69) is 12.2 Å². The van der Waals surface area contributed by atoms with Gasteiger partial charge in [-0.3, -0.25) is 4.79 Å². The molecule has 0 bridgehead atoms. The van der Waals surface area contributed by atoms with Gasteiger partial charge in [-0.05, 0) is 56.4 Å². The van der Waals surface area contributed by atoms with E-state index >= 15 is 0 Å². The molecule has 0 radical (unpaired) electrons. The van der Waals surface area contributed by atoms with Crippen molar-refractivity contribution in [2.45, 2.75) is 52.5 Å². The number of hydrogen-bond acceptors (Lipinski definition) is 6. The lowest BCUT2D eigenvalue weighted by molar-refractivity contribution is -0.145. The van der Waals surface area contributed by atoms with E-state index in [1.54, 1.807) is 25.1 Å². The Hall–Kier alpha value is -3.01. The standard InChI is InChI=1S/C23H30N2O5/c1-4-28-21-13-17(10-11-20(21)30-15-22(26)29-5-2)12-18(14-24)23(27)25-19-9-7-6-8-16(19)3/h10-13,16,19H,4-9,15H2,1-3H3,(H,25,27). The lowest BCUT2D eigenvalue weighted by atomic mass is 9.86. The highest BCUT2D eigenvalue weighted by Gasteiger charge is 2.24. The number of nitrogens with one attached hydrogen (secondary N) is 1. The van der Waals surface area contributed by atoms with Crippen LogP contribution in [0.2, 0.25) is 0 Å². The Kier molecular flexibility index (Phi) is 9.20. The quantitative estimate of drug-likeness (QED) is 0.376. The molecule has 0 aromatic heterocycles. The number of nitriles is 1. The molecule has 1 aliphatic carbocycles. The van der Waals surface area contributed by atoms with E-state index in [0.717, 1.165) is 19.3 Å². The van der Waals surface area contributed by atoms with Crippen molar-refractivity contribution in [3.8, 4) is 17.6 Å². The van der Waals surface area contributed by atoms with Crippen molar-refractivity contribution in [3.05, 3.63) is 29.3 Å². The van der Waals surface area contributed by atoms with Gasteiger partial charge in [-0.1, -0.05) is 25.8 Å². The summed E-state index contributed by atoms with van der Waals surface area (Å²) in [4.78, 5) is 24.1. The first-order valence-corrected chi connectivity index (χ1v) is 10.5. The molecule has 0 heterocycles. The van der Waals surface area contributed by atoms with Gasteiger partial charge < -0.3 is 19.5 Å². The molecule has 0 saturated heterocycles. The molecule has 1 amide bonds. The van der Waals surface area contributed by atoms with Crippen molar-refractivity contribution in [3.63, 3.8) is 0 Å². The number of ether oxygens (including phenoxy) is 3. The van der Waals surface area contributed by atoms with Crippen LogP contribution in [0.4, 0.5) is 0 Å². The van der Waals surface area contributed by atoms with E-state index in [9.17, 15) is 14.9 Å². The Morgan fingerprint density at radius 3 is 2.60 bits per heavy atom. The van der Waals surface area contributed by atoms with Crippen LogP contribution in [0.25, 0.3) is 6.08 Å². The molecule has 162 valence electrons. The average molecular weight is 415 g/mol. The Morgan fingerprint density at radius 2 is 1.93 bits per heavy atom. The molecule has 1 N–H and O–H groups in total. The van der Waals surface area contributed by atoms with E-state index < -0.39 is 5.97 Å². The monoisotopic (exact) mass is 414 g/mol. The van der Waals surface area contributed by atoms with Gasteiger partial charge >= 0.3 is 5.97 Å². The van der Waals surface area contributed by atoms with Gasteiger partial charge in [-0.15, -0.1) is 0 Å². The predicted molar refractivity (Wildman–Crippen MR) is 113 cm³/mol. The fourth-order valence-corrected chi connectivity index (χ4v) is 3.43. The molecule has 1 aromatic carbocycles. The van der Waals surface area contributed by atoms with Crippen LogP contribution in [0.3, 0.4) is 0 Å². The second-order valence-corrected chi connectivity index (χ2v) is 7.24. The molecule has 0 aliphatic heterocycles. The van der Waals surface area contributed by atoms with E-state index in [1.165, 1.54) is 12.5 Å². The van der Waals surface area contributed by atoms with Gasteiger partial charge in [0, 0.05) is 6.04 Å². The second-order valence-electron chi connectivity index (χ2n) is 7.24. The summed E-state index contributed by atoms with van der Waals surface area (Å²) in [6.45, 7) is 6.13. The van der Waals surface area contributed by atoms with Gasteiger partial charge in [0.1, 0.15) is 11.6 Å². The smallest absolute Gasteiger partial charge is 0.344 e. The third-order valence-corrected chi connectivity index (χ3v) is 5.02. The highest BCUT2D eigenvalue weighted by Crippen LogP contribution is 2.30. The molecule has 0 spiro atoms. The van der Waals surface area contributed by atoms with Gasteiger partial charge in [-0.2, -0.15) is 5.26 Å². The molecular weight excluding hydrogens is 384 g/mol. The molecular formula is C23H30N2O5. The van der Waals surface area contributed by atoms with E-state index in [0.29, 0.717) is 29.6 Å². The third-order valence-electron chi connectivity index (χ3n) is 5.02. The normalized spacial score (nSPS) is 18.8. The molecule has 2 unspecified atom stereocenters. The van der Waals surface area contributed by atoms with Crippen LogP contribution in [0.5, 0.6) is 11.5 Å². The Balaban J connectivity index is 2.14. The molecule has 30 heavy (non-hydrogen) atoms. The number of hydrogen-bond donors (Lipinski definition) is 1. The van der Waals surface area contributed by atoms with Crippen molar-refractivity contribution < 1.29 is 23.8 Å². The second kappa shape index (κ2) is 11.9. The van der Waals surface area contributed by atoms with Gasteiger partial charge in [0.05, 0.1) is 13.2 Å². The van der Waals surface area contributed by atoms with Crippen LogP contribution in [0.15, 0.2) is 23.8 Å². The zero-order valence-corrected chi connectivity index (χ0v) is 17.9. The van der Waals surface area contributed by atoms with Gasteiger partial charge in [0.15, 0.2) is 18.1 Å². The summed E-state index contributed by atoms with van der Waals surface area (Å²) in [5, 5.41) is 12.5. The number of carbonyl (C=O) groups is 2. The molecule has 2 rings (SSSR count). The van der Waals surface area contributed by atoms with Crippen LogP contribution in [0, 0.1) is 17.2 Å². The molecule has 1 fully saturated rings. The number of rotatable bonds is 9. The summed E-state index contributed by atoms with van der Waals surface area (Å²) < 4.78 is 15.9. The van der Waals surface area contributed by atoms with Crippen LogP contribution in [-0.4, -0.2) is 37.7 Å².